The topological polar surface area (TPSA) is 162 Å². The molecule has 22 heavy (non-hydrogen) atoms. The van der Waals surface area contributed by atoms with Gasteiger partial charge in [0.25, 0.3) is 0 Å². The zero-order valence-electron chi connectivity index (χ0n) is 12.9. The van der Waals surface area contributed by atoms with Gasteiger partial charge in [0.15, 0.2) is 0 Å². The molecular weight excluding hydrogens is 288 g/mol. The molecule has 0 unspecified atom stereocenters. The average Bonchev–Trinajstić information content (AvgIpc) is 2.43. The molecule has 0 radical (unpaired) electrons. The van der Waals surface area contributed by atoms with E-state index in [4.69, 9.17) is 17.2 Å². The molecule has 0 aromatic heterocycles. The summed E-state index contributed by atoms with van der Waals surface area (Å²) < 4.78 is 0. The standard InChI is InChI=1S/C14H26N4O4/c1-8-2-3-9(14(17,6-8)13(21)22)7-18-12(20)10(15)4-5-11(16)19/h8-10H,2-7,15,17H2,1H3,(H2,16,19)(H,18,20)(H,21,22)/t8-,9+,10+,14-/m1/s1. The summed E-state index contributed by atoms with van der Waals surface area (Å²) in [5, 5.41) is 12.0. The summed E-state index contributed by atoms with van der Waals surface area (Å²) >= 11 is 0. The molecule has 0 heterocycles. The Morgan fingerprint density at radius 2 is 2.00 bits per heavy atom. The first-order valence-corrected chi connectivity index (χ1v) is 7.50. The number of rotatable bonds is 7. The van der Waals surface area contributed by atoms with E-state index < -0.39 is 29.4 Å². The second-order valence-electron chi connectivity index (χ2n) is 6.29. The Kier molecular flexibility index (Phi) is 6.31. The molecule has 1 saturated carbocycles. The third-order valence-corrected chi connectivity index (χ3v) is 4.38. The third-order valence-electron chi connectivity index (χ3n) is 4.38. The fourth-order valence-corrected chi connectivity index (χ4v) is 2.92. The van der Waals surface area contributed by atoms with Crippen LogP contribution in [0.5, 0.6) is 0 Å². The Bertz CT molecular complexity index is 443. The molecule has 8 N–H and O–H groups in total. The van der Waals surface area contributed by atoms with Crippen molar-refractivity contribution in [2.24, 2.45) is 29.0 Å². The third kappa shape index (κ3) is 4.67. The quantitative estimate of drug-likeness (QED) is 0.401. The summed E-state index contributed by atoms with van der Waals surface area (Å²) in [4.78, 5) is 34.0. The van der Waals surface area contributed by atoms with Crippen LogP contribution in [0.25, 0.3) is 0 Å². The van der Waals surface area contributed by atoms with E-state index in [-0.39, 0.29) is 31.2 Å². The van der Waals surface area contributed by atoms with Gasteiger partial charge in [0, 0.05) is 18.9 Å². The smallest absolute Gasteiger partial charge is 0.324 e. The lowest BCUT2D eigenvalue weighted by Crippen LogP contribution is -2.60. The van der Waals surface area contributed by atoms with Crippen LogP contribution in [0.4, 0.5) is 0 Å². The van der Waals surface area contributed by atoms with Gasteiger partial charge in [-0.1, -0.05) is 13.3 Å². The number of hydrogen-bond acceptors (Lipinski definition) is 5. The van der Waals surface area contributed by atoms with Crippen molar-refractivity contribution in [3.05, 3.63) is 0 Å². The number of amides is 2. The van der Waals surface area contributed by atoms with Crippen molar-refractivity contribution in [2.75, 3.05) is 6.54 Å². The normalized spacial score (nSPS) is 29.6. The summed E-state index contributed by atoms with van der Waals surface area (Å²) in [5.41, 5.74) is 15.4. The zero-order valence-corrected chi connectivity index (χ0v) is 12.9. The van der Waals surface area contributed by atoms with Gasteiger partial charge in [-0.15, -0.1) is 0 Å². The molecule has 1 fully saturated rings. The highest BCUT2D eigenvalue weighted by Gasteiger charge is 2.46. The highest BCUT2D eigenvalue weighted by Crippen LogP contribution is 2.35. The van der Waals surface area contributed by atoms with Crippen molar-refractivity contribution >= 4 is 17.8 Å². The number of nitrogens with one attached hydrogen (secondary N) is 1. The molecule has 0 aromatic carbocycles. The molecule has 8 heteroatoms. The predicted octanol–water partition coefficient (Wildman–Crippen LogP) is -1.09. The van der Waals surface area contributed by atoms with Gasteiger partial charge in [-0.05, 0) is 25.2 Å². The number of hydrogen-bond donors (Lipinski definition) is 5. The van der Waals surface area contributed by atoms with Crippen LogP contribution in [0.2, 0.25) is 0 Å². The van der Waals surface area contributed by atoms with Crippen molar-refractivity contribution in [1.29, 1.82) is 0 Å². The lowest BCUT2D eigenvalue weighted by molar-refractivity contribution is -0.148. The lowest BCUT2D eigenvalue weighted by atomic mass is 9.69. The molecule has 1 aliphatic carbocycles. The van der Waals surface area contributed by atoms with Crippen LogP contribution in [0.15, 0.2) is 0 Å². The van der Waals surface area contributed by atoms with Crippen molar-refractivity contribution < 1.29 is 19.5 Å². The van der Waals surface area contributed by atoms with Gasteiger partial charge in [-0.25, -0.2) is 0 Å². The van der Waals surface area contributed by atoms with Crippen LogP contribution in [-0.4, -0.2) is 41.0 Å². The minimum Gasteiger partial charge on any atom is -0.480 e. The van der Waals surface area contributed by atoms with Crippen LogP contribution in [0, 0.1) is 11.8 Å². The van der Waals surface area contributed by atoms with E-state index in [1.165, 1.54) is 0 Å². The maximum atomic E-state index is 11.9. The van der Waals surface area contributed by atoms with Gasteiger partial charge >= 0.3 is 5.97 Å². The van der Waals surface area contributed by atoms with Crippen LogP contribution < -0.4 is 22.5 Å². The van der Waals surface area contributed by atoms with Gasteiger partial charge in [0.2, 0.25) is 11.8 Å². The molecule has 1 aliphatic rings. The molecule has 0 aromatic rings. The molecule has 126 valence electrons. The predicted molar refractivity (Wildman–Crippen MR) is 80.5 cm³/mol. The summed E-state index contributed by atoms with van der Waals surface area (Å²) in [6.07, 6.45) is 2.10. The molecule has 0 spiro atoms. The lowest BCUT2D eigenvalue weighted by Gasteiger charge is -2.40. The summed E-state index contributed by atoms with van der Waals surface area (Å²) in [7, 11) is 0. The Labute approximate surface area is 129 Å². The van der Waals surface area contributed by atoms with E-state index in [0.29, 0.717) is 12.8 Å². The molecule has 4 atom stereocenters. The molecular formula is C14H26N4O4. The van der Waals surface area contributed by atoms with Gasteiger partial charge in [0.1, 0.15) is 5.54 Å². The van der Waals surface area contributed by atoms with Gasteiger partial charge < -0.3 is 27.6 Å². The monoisotopic (exact) mass is 314 g/mol. The number of carboxylic acids is 1. The van der Waals surface area contributed by atoms with E-state index in [0.717, 1.165) is 6.42 Å². The van der Waals surface area contributed by atoms with Crippen molar-refractivity contribution in [1.82, 2.24) is 5.32 Å². The summed E-state index contributed by atoms with van der Waals surface area (Å²) in [5.74, 6) is -2.08. The highest BCUT2D eigenvalue weighted by atomic mass is 16.4. The fraction of sp³-hybridized carbons (Fsp3) is 0.786. The van der Waals surface area contributed by atoms with Crippen LogP contribution in [0.1, 0.15) is 39.0 Å². The maximum Gasteiger partial charge on any atom is 0.324 e. The molecule has 0 aliphatic heterocycles. The summed E-state index contributed by atoms with van der Waals surface area (Å²) in [6.45, 7) is 2.14. The Hall–Kier alpha value is -1.67. The number of carboxylic acid groups (broad SMARTS) is 1. The van der Waals surface area contributed by atoms with E-state index >= 15 is 0 Å². The van der Waals surface area contributed by atoms with E-state index in [2.05, 4.69) is 5.32 Å². The van der Waals surface area contributed by atoms with E-state index in [1.807, 2.05) is 6.92 Å². The highest BCUT2D eigenvalue weighted by molar-refractivity contribution is 5.83. The van der Waals surface area contributed by atoms with Crippen LogP contribution in [-0.2, 0) is 14.4 Å². The Morgan fingerprint density at radius 1 is 1.36 bits per heavy atom. The van der Waals surface area contributed by atoms with Gasteiger partial charge in [-0.3, -0.25) is 14.4 Å². The maximum absolute atomic E-state index is 11.9. The molecule has 0 saturated heterocycles. The van der Waals surface area contributed by atoms with Crippen molar-refractivity contribution in [2.45, 2.75) is 50.6 Å². The first-order chi connectivity index (χ1) is 10.2. The number of nitrogens with two attached hydrogens (primary N) is 3. The number of carbonyl (C=O) groups is 3. The number of carbonyl (C=O) groups excluding carboxylic acids is 2. The summed E-state index contributed by atoms with van der Waals surface area (Å²) in [6, 6.07) is -0.841. The van der Waals surface area contributed by atoms with Crippen LogP contribution >= 0.6 is 0 Å². The molecule has 8 nitrogen and oxygen atoms in total. The second kappa shape index (κ2) is 7.55. The molecule has 0 bridgehead atoms. The average molecular weight is 314 g/mol. The molecule has 2 amide bonds. The number of primary amides is 1. The van der Waals surface area contributed by atoms with E-state index in [9.17, 15) is 19.5 Å². The first-order valence-electron chi connectivity index (χ1n) is 7.50. The largest absolute Gasteiger partial charge is 0.480 e. The fourth-order valence-electron chi connectivity index (χ4n) is 2.92. The first kappa shape index (κ1) is 18.4. The minimum atomic E-state index is -1.33. The minimum absolute atomic E-state index is 0.0332. The van der Waals surface area contributed by atoms with E-state index in [1.54, 1.807) is 0 Å². The zero-order chi connectivity index (χ0) is 16.9. The number of aliphatic carboxylic acids is 1. The van der Waals surface area contributed by atoms with Crippen molar-refractivity contribution in [3.8, 4) is 0 Å². The SMILES string of the molecule is C[C@@H]1CC[C@@H](CNC(=O)[C@@H](N)CCC(N)=O)[C@@](N)(C(=O)O)C1. The molecule has 1 rings (SSSR count). The van der Waals surface area contributed by atoms with Crippen LogP contribution in [0.3, 0.4) is 0 Å². The van der Waals surface area contributed by atoms with Gasteiger partial charge in [0.05, 0.1) is 6.04 Å². The second-order valence-corrected chi connectivity index (χ2v) is 6.29. The Morgan fingerprint density at radius 3 is 2.55 bits per heavy atom. The van der Waals surface area contributed by atoms with Crippen molar-refractivity contribution in [3.63, 3.8) is 0 Å². The Balaban J connectivity index is 2.56. The van der Waals surface area contributed by atoms with Gasteiger partial charge in [-0.2, -0.15) is 0 Å².